The highest BCUT2D eigenvalue weighted by Gasteiger charge is 2.04. The summed E-state index contributed by atoms with van der Waals surface area (Å²) in [5.41, 5.74) is 9.01. The third-order valence-electron chi connectivity index (χ3n) is 2.90. The van der Waals surface area contributed by atoms with E-state index in [1.807, 2.05) is 0 Å². The Morgan fingerprint density at radius 1 is 1.17 bits per heavy atom. The summed E-state index contributed by atoms with van der Waals surface area (Å²) in [7, 11) is 0. The number of halogens is 2. The zero-order chi connectivity index (χ0) is 17.5. The highest BCUT2D eigenvalue weighted by Crippen LogP contribution is 2.20. The minimum absolute atomic E-state index is 0.00886. The van der Waals surface area contributed by atoms with Crippen LogP contribution < -0.4 is 16.5 Å². The van der Waals surface area contributed by atoms with Crippen LogP contribution in [0.3, 0.4) is 0 Å². The van der Waals surface area contributed by atoms with Crippen LogP contribution in [0.2, 0.25) is 10.0 Å². The van der Waals surface area contributed by atoms with Gasteiger partial charge in [0, 0.05) is 29.2 Å². The molecule has 0 atom stereocenters. The molecule has 0 saturated carbocycles. The van der Waals surface area contributed by atoms with E-state index in [9.17, 15) is 9.59 Å². The van der Waals surface area contributed by atoms with Gasteiger partial charge < -0.3 is 11.1 Å². The van der Waals surface area contributed by atoms with Crippen molar-refractivity contribution in [1.29, 1.82) is 0 Å². The van der Waals surface area contributed by atoms with Gasteiger partial charge in [-0.15, -0.1) is 0 Å². The molecular weight excluding hydrogens is 353 g/mol. The Balaban J connectivity index is 1.85. The van der Waals surface area contributed by atoms with Crippen LogP contribution >= 0.6 is 23.2 Å². The van der Waals surface area contributed by atoms with Gasteiger partial charge in [0.1, 0.15) is 0 Å². The standard InChI is InChI=1S/C15H13Cl2N5O2/c16-12-6-19-7-13(17)11(12)5-21-22-14(23)8-20-10-3-1-9(2-4-10)15(18)24/h1-7,20H,8H2,(H2,18,24)(H,22,23). The van der Waals surface area contributed by atoms with Gasteiger partial charge in [-0.1, -0.05) is 23.2 Å². The van der Waals surface area contributed by atoms with Crippen molar-refractivity contribution in [2.75, 3.05) is 11.9 Å². The fraction of sp³-hybridized carbons (Fsp3) is 0.0667. The second-order valence-electron chi connectivity index (χ2n) is 4.61. The number of rotatable bonds is 6. The molecule has 2 rings (SSSR count). The van der Waals surface area contributed by atoms with Gasteiger partial charge in [0.25, 0.3) is 5.91 Å². The lowest BCUT2D eigenvalue weighted by Crippen LogP contribution is -2.25. The topological polar surface area (TPSA) is 109 Å². The summed E-state index contributed by atoms with van der Waals surface area (Å²) in [6.07, 6.45) is 4.19. The Labute approximate surface area is 147 Å². The predicted octanol–water partition coefficient (Wildman–Crippen LogP) is 2.05. The van der Waals surface area contributed by atoms with E-state index in [-0.39, 0.29) is 12.5 Å². The van der Waals surface area contributed by atoms with E-state index in [1.165, 1.54) is 18.6 Å². The molecule has 0 aliphatic carbocycles. The molecule has 9 heteroatoms. The molecule has 0 spiro atoms. The molecule has 24 heavy (non-hydrogen) atoms. The molecule has 1 aromatic heterocycles. The van der Waals surface area contributed by atoms with Crippen LogP contribution in [0, 0.1) is 0 Å². The number of nitrogens with zero attached hydrogens (tertiary/aromatic N) is 2. The minimum Gasteiger partial charge on any atom is -0.376 e. The fourth-order valence-corrected chi connectivity index (χ4v) is 2.15. The lowest BCUT2D eigenvalue weighted by atomic mass is 10.2. The zero-order valence-corrected chi connectivity index (χ0v) is 13.8. The molecule has 1 heterocycles. The van der Waals surface area contributed by atoms with E-state index in [1.54, 1.807) is 24.3 Å². The molecule has 0 saturated heterocycles. The lowest BCUT2D eigenvalue weighted by Gasteiger charge is -2.06. The molecular formula is C15H13Cl2N5O2. The first-order valence-corrected chi connectivity index (χ1v) is 7.47. The van der Waals surface area contributed by atoms with Gasteiger partial charge in [-0.3, -0.25) is 14.6 Å². The smallest absolute Gasteiger partial charge is 0.259 e. The van der Waals surface area contributed by atoms with Crippen LogP contribution in [0.5, 0.6) is 0 Å². The number of aromatic nitrogens is 1. The van der Waals surface area contributed by atoms with Gasteiger partial charge in [0.15, 0.2) is 0 Å². The molecule has 4 N–H and O–H groups in total. The molecule has 0 unspecified atom stereocenters. The summed E-state index contributed by atoms with van der Waals surface area (Å²) < 4.78 is 0. The number of benzene rings is 1. The number of primary amides is 1. The van der Waals surface area contributed by atoms with E-state index in [0.717, 1.165) is 0 Å². The van der Waals surface area contributed by atoms with Crippen LogP contribution in [0.1, 0.15) is 15.9 Å². The van der Waals surface area contributed by atoms with Crippen molar-refractivity contribution in [2.24, 2.45) is 10.8 Å². The number of hydrogen-bond donors (Lipinski definition) is 3. The van der Waals surface area contributed by atoms with Crippen molar-refractivity contribution in [3.05, 3.63) is 57.8 Å². The number of hydrogen-bond acceptors (Lipinski definition) is 5. The fourth-order valence-electron chi connectivity index (χ4n) is 1.69. The first-order chi connectivity index (χ1) is 11.5. The third-order valence-corrected chi connectivity index (χ3v) is 3.50. The maximum absolute atomic E-state index is 11.7. The van der Waals surface area contributed by atoms with Crippen molar-refractivity contribution in [1.82, 2.24) is 10.4 Å². The van der Waals surface area contributed by atoms with Gasteiger partial charge in [-0.05, 0) is 24.3 Å². The highest BCUT2D eigenvalue weighted by atomic mass is 35.5. The molecule has 0 fully saturated rings. The van der Waals surface area contributed by atoms with Crippen molar-refractivity contribution < 1.29 is 9.59 Å². The Morgan fingerprint density at radius 2 is 1.79 bits per heavy atom. The number of nitrogens with two attached hydrogens (primary N) is 1. The predicted molar refractivity (Wildman–Crippen MR) is 93.4 cm³/mol. The SMILES string of the molecule is NC(=O)c1ccc(NCC(=O)NN=Cc2c(Cl)cncc2Cl)cc1. The summed E-state index contributed by atoms with van der Waals surface area (Å²) in [6, 6.07) is 6.42. The number of carbonyl (C=O) groups is 2. The molecule has 2 amide bonds. The summed E-state index contributed by atoms with van der Waals surface area (Å²) in [5.74, 6) is -0.881. The lowest BCUT2D eigenvalue weighted by molar-refractivity contribution is -0.119. The number of amides is 2. The van der Waals surface area contributed by atoms with Crippen LogP contribution in [0.25, 0.3) is 0 Å². The van der Waals surface area contributed by atoms with Gasteiger partial charge in [0.05, 0.1) is 22.8 Å². The maximum atomic E-state index is 11.7. The second-order valence-corrected chi connectivity index (χ2v) is 5.42. The van der Waals surface area contributed by atoms with Crippen LogP contribution in [-0.2, 0) is 4.79 Å². The second kappa shape index (κ2) is 8.28. The Kier molecular flexibility index (Phi) is 6.11. The van der Waals surface area contributed by atoms with E-state index < -0.39 is 5.91 Å². The molecule has 0 aliphatic heterocycles. The monoisotopic (exact) mass is 365 g/mol. The molecule has 1 aromatic carbocycles. The molecule has 7 nitrogen and oxygen atoms in total. The Bertz CT molecular complexity index is 758. The van der Waals surface area contributed by atoms with Crippen molar-refractivity contribution >= 4 is 46.9 Å². The number of carbonyl (C=O) groups excluding carboxylic acids is 2. The minimum atomic E-state index is -0.512. The third kappa shape index (κ3) is 4.94. The van der Waals surface area contributed by atoms with E-state index in [0.29, 0.717) is 26.9 Å². The van der Waals surface area contributed by atoms with Gasteiger partial charge in [-0.2, -0.15) is 5.10 Å². The summed E-state index contributed by atoms with van der Waals surface area (Å²) in [5, 5.41) is 7.33. The first kappa shape index (κ1) is 17.7. The molecule has 2 aromatic rings. The van der Waals surface area contributed by atoms with Crippen molar-refractivity contribution in [2.45, 2.75) is 0 Å². The number of hydrazone groups is 1. The van der Waals surface area contributed by atoms with Crippen LogP contribution in [0.4, 0.5) is 5.69 Å². The molecule has 0 bridgehead atoms. The van der Waals surface area contributed by atoms with E-state index in [4.69, 9.17) is 28.9 Å². The van der Waals surface area contributed by atoms with Crippen LogP contribution in [0.15, 0.2) is 41.8 Å². The molecule has 124 valence electrons. The average molecular weight is 366 g/mol. The number of pyridine rings is 1. The Hall–Kier alpha value is -2.64. The molecule has 0 radical (unpaired) electrons. The van der Waals surface area contributed by atoms with Gasteiger partial charge in [-0.25, -0.2) is 5.43 Å². The van der Waals surface area contributed by atoms with Crippen LogP contribution in [-0.4, -0.2) is 29.6 Å². The van der Waals surface area contributed by atoms with Gasteiger partial charge >= 0.3 is 0 Å². The average Bonchev–Trinajstić information content (AvgIpc) is 2.56. The number of nitrogens with one attached hydrogen (secondary N) is 2. The summed E-state index contributed by atoms with van der Waals surface area (Å²) in [6.45, 7) is -0.00886. The maximum Gasteiger partial charge on any atom is 0.259 e. The summed E-state index contributed by atoms with van der Waals surface area (Å²) in [4.78, 5) is 26.5. The van der Waals surface area contributed by atoms with Crippen molar-refractivity contribution in [3.8, 4) is 0 Å². The Morgan fingerprint density at radius 3 is 2.38 bits per heavy atom. The highest BCUT2D eigenvalue weighted by molar-refractivity contribution is 6.38. The summed E-state index contributed by atoms with van der Waals surface area (Å²) >= 11 is 11.8. The largest absolute Gasteiger partial charge is 0.376 e. The van der Waals surface area contributed by atoms with E-state index in [2.05, 4.69) is 20.8 Å². The quantitative estimate of drug-likeness (QED) is 0.537. The van der Waals surface area contributed by atoms with Crippen molar-refractivity contribution in [3.63, 3.8) is 0 Å². The zero-order valence-electron chi connectivity index (χ0n) is 12.3. The first-order valence-electron chi connectivity index (χ1n) is 6.72. The van der Waals surface area contributed by atoms with Gasteiger partial charge in [0.2, 0.25) is 5.91 Å². The molecule has 0 aliphatic rings. The normalized spacial score (nSPS) is 10.6. The number of anilines is 1. The van der Waals surface area contributed by atoms with E-state index >= 15 is 0 Å².